The van der Waals surface area contributed by atoms with Gasteiger partial charge in [0.25, 0.3) is 0 Å². The lowest BCUT2D eigenvalue weighted by molar-refractivity contribution is -0.274. The van der Waals surface area contributed by atoms with Gasteiger partial charge in [0.1, 0.15) is 5.75 Å². The van der Waals surface area contributed by atoms with Gasteiger partial charge in [0, 0.05) is 36.2 Å². The van der Waals surface area contributed by atoms with Gasteiger partial charge in [-0.1, -0.05) is 35.3 Å². The summed E-state index contributed by atoms with van der Waals surface area (Å²) in [4.78, 5) is 2.25. The zero-order valence-electron chi connectivity index (χ0n) is 14.5. The van der Waals surface area contributed by atoms with Gasteiger partial charge in [0.05, 0.1) is 6.04 Å². The maximum Gasteiger partial charge on any atom is 0.573 e. The molecule has 0 aromatic heterocycles. The minimum Gasteiger partial charge on any atom is -0.406 e. The summed E-state index contributed by atoms with van der Waals surface area (Å²) < 4.78 is 41.1. The standard InChI is InChI=1S/C18H17Cl2F3N2O.2ClH/c19-14-9-13(10-15(20)11-14)17(25-7-5-24-6-8-25)12-1-3-16(4-2-12)26-18(21,22)23;;/h1-4,9-11,17,24H,5-8H2;2*1H/t17-;;/m1../s1. The molecule has 28 heavy (non-hydrogen) atoms. The van der Waals surface area contributed by atoms with E-state index in [1.165, 1.54) is 12.1 Å². The van der Waals surface area contributed by atoms with E-state index in [-0.39, 0.29) is 36.6 Å². The fraction of sp³-hybridized carbons (Fsp3) is 0.333. The Kier molecular flexibility index (Phi) is 9.67. The smallest absolute Gasteiger partial charge is 0.406 e. The van der Waals surface area contributed by atoms with Gasteiger partial charge in [-0.05, 0) is 41.5 Å². The summed E-state index contributed by atoms with van der Waals surface area (Å²) in [6, 6.07) is 11.1. The van der Waals surface area contributed by atoms with Crippen molar-refractivity contribution in [3.8, 4) is 5.75 Å². The van der Waals surface area contributed by atoms with Crippen LogP contribution >= 0.6 is 48.0 Å². The van der Waals surface area contributed by atoms with Gasteiger partial charge in [0.15, 0.2) is 0 Å². The lowest BCUT2D eigenvalue weighted by Crippen LogP contribution is -2.45. The molecule has 1 atom stereocenters. The van der Waals surface area contributed by atoms with E-state index in [4.69, 9.17) is 23.2 Å². The van der Waals surface area contributed by atoms with Crippen molar-refractivity contribution in [3.05, 3.63) is 63.6 Å². The van der Waals surface area contributed by atoms with Crippen molar-refractivity contribution in [1.82, 2.24) is 10.2 Å². The molecule has 0 bridgehead atoms. The zero-order valence-corrected chi connectivity index (χ0v) is 17.7. The van der Waals surface area contributed by atoms with Crippen molar-refractivity contribution in [3.63, 3.8) is 0 Å². The fourth-order valence-corrected chi connectivity index (χ4v) is 3.68. The molecule has 0 radical (unpaired) electrons. The molecule has 1 aliphatic rings. The molecule has 0 spiro atoms. The average molecular weight is 478 g/mol. The summed E-state index contributed by atoms with van der Waals surface area (Å²) in [5.41, 5.74) is 1.74. The molecule has 0 aliphatic carbocycles. The van der Waals surface area contributed by atoms with Crippen LogP contribution in [0.1, 0.15) is 17.2 Å². The molecule has 0 amide bonds. The first kappa shape index (κ1) is 25.1. The number of piperazine rings is 1. The van der Waals surface area contributed by atoms with Gasteiger partial charge in [-0.2, -0.15) is 0 Å². The molecule has 2 aromatic rings. The van der Waals surface area contributed by atoms with E-state index in [0.717, 1.165) is 37.3 Å². The highest BCUT2D eigenvalue weighted by Crippen LogP contribution is 2.34. The number of nitrogens with zero attached hydrogens (tertiary/aromatic N) is 1. The molecule has 1 N–H and O–H groups in total. The maximum atomic E-state index is 12.4. The lowest BCUT2D eigenvalue weighted by atomic mass is 9.96. The normalized spacial score (nSPS) is 15.9. The van der Waals surface area contributed by atoms with Crippen molar-refractivity contribution in [2.45, 2.75) is 12.4 Å². The Hall–Kier alpha value is -0.890. The van der Waals surface area contributed by atoms with E-state index >= 15 is 0 Å². The van der Waals surface area contributed by atoms with Crippen molar-refractivity contribution < 1.29 is 17.9 Å². The van der Waals surface area contributed by atoms with Gasteiger partial charge in [0.2, 0.25) is 0 Å². The molecule has 0 unspecified atom stereocenters. The number of ether oxygens (including phenoxy) is 1. The first-order chi connectivity index (χ1) is 12.3. The highest BCUT2D eigenvalue weighted by molar-refractivity contribution is 6.34. The minimum atomic E-state index is -4.71. The van der Waals surface area contributed by atoms with Crippen molar-refractivity contribution >= 4 is 48.0 Å². The van der Waals surface area contributed by atoms with Crippen LogP contribution in [-0.4, -0.2) is 37.4 Å². The van der Waals surface area contributed by atoms with Crippen LogP contribution in [0.25, 0.3) is 0 Å². The molecule has 2 aromatic carbocycles. The summed E-state index contributed by atoms with van der Waals surface area (Å²) in [5.74, 6) is -0.246. The van der Waals surface area contributed by atoms with Crippen molar-refractivity contribution in [2.24, 2.45) is 0 Å². The Morgan fingerprint density at radius 2 is 1.43 bits per heavy atom. The molecule has 10 heteroatoms. The molecule has 3 nitrogen and oxygen atoms in total. The monoisotopic (exact) mass is 476 g/mol. The summed E-state index contributed by atoms with van der Waals surface area (Å²) in [6.07, 6.45) is -4.71. The van der Waals surface area contributed by atoms with E-state index in [0.29, 0.717) is 10.0 Å². The largest absolute Gasteiger partial charge is 0.573 e. The number of hydrogen-bond acceptors (Lipinski definition) is 3. The van der Waals surface area contributed by atoms with E-state index in [1.807, 2.05) is 12.1 Å². The second-order valence-corrected chi connectivity index (χ2v) is 6.88. The van der Waals surface area contributed by atoms with Gasteiger partial charge < -0.3 is 10.1 Å². The number of alkyl halides is 3. The molecular weight excluding hydrogens is 459 g/mol. The average Bonchev–Trinajstić information content (AvgIpc) is 2.55. The fourth-order valence-electron chi connectivity index (χ4n) is 3.14. The number of nitrogens with one attached hydrogen (secondary N) is 1. The van der Waals surface area contributed by atoms with Crippen LogP contribution in [0.5, 0.6) is 5.75 Å². The Bertz CT molecular complexity index is 733. The van der Waals surface area contributed by atoms with E-state index in [9.17, 15) is 13.2 Å². The third kappa shape index (κ3) is 6.87. The predicted molar refractivity (Wildman–Crippen MR) is 110 cm³/mol. The SMILES string of the molecule is Cl.Cl.FC(F)(F)Oc1ccc([C@H](c2cc(Cl)cc(Cl)c2)N2CCNCC2)cc1. The molecule has 0 saturated carbocycles. The van der Waals surface area contributed by atoms with Crippen LogP contribution in [0, 0.1) is 0 Å². The number of benzene rings is 2. The van der Waals surface area contributed by atoms with Gasteiger partial charge in [-0.25, -0.2) is 0 Å². The van der Waals surface area contributed by atoms with Crippen LogP contribution in [0.15, 0.2) is 42.5 Å². The summed E-state index contributed by atoms with van der Waals surface area (Å²) in [6.45, 7) is 3.27. The maximum absolute atomic E-state index is 12.4. The van der Waals surface area contributed by atoms with Crippen molar-refractivity contribution in [2.75, 3.05) is 26.2 Å². The van der Waals surface area contributed by atoms with Crippen LogP contribution in [-0.2, 0) is 0 Å². The number of hydrogen-bond donors (Lipinski definition) is 1. The number of halogens is 7. The van der Waals surface area contributed by atoms with E-state index in [1.54, 1.807) is 18.2 Å². The van der Waals surface area contributed by atoms with E-state index in [2.05, 4.69) is 15.0 Å². The third-order valence-corrected chi connectivity index (χ3v) is 4.58. The topological polar surface area (TPSA) is 24.5 Å². The van der Waals surface area contributed by atoms with Gasteiger partial charge in [-0.3, -0.25) is 4.90 Å². The quantitative estimate of drug-likeness (QED) is 0.608. The molecule has 1 heterocycles. The van der Waals surface area contributed by atoms with Gasteiger partial charge in [-0.15, -0.1) is 38.0 Å². The Balaban J connectivity index is 0.00000196. The molecule has 1 saturated heterocycles. The molecule has 1 fully saturated rings. The highest BCUT2D eigenvalue weighted by atomic mass is 35.5. The second-order valence-electron chi connectivity index (χ2n) is 6.01. The molecule has 156 valence electrons. The summed E-state index contributed by atoms with van der Waals surface area (Å²) >= 11 is 12.3. The Morgan fingerprint density at radius 3 is 1.93 bits per heavy atom. The zero-order chi connectivity index (χ0) is 18.7. The molecule has 3 rings (SSSR count). The first-order valence-corrected chi connectivity index (χ1v) is 8.84. The first-order valence-electron chi connectivity index (χ1n) is 8.08. The van der Waals surface area contributed by atoms with Crippen LogP contribution in [0.3, 0.4) is 0 Å². The predicted octanol–water partition coefficient (Wildman–Crippen LogP) is 5.73. The van der Waals surface area contributed by atoms with Crippen LogP contribution in [0.2, 0.25) is 10.0 Å². The van der Waals surface area contributed by atoms with E-state index < -0.39 is 6.36 Å². The van der Waals surface area contributed by atoms with Crippen LogP contribution in [0.4, 0.5) is 13.2 Å². The second kappa shape index (κ2) is 10.8. The Morgan fingerprint density at radius 1 is 0.893 bits per heavy atom. The number of rotatable bonds is 4. The van der Waals surface area contributed by atoms with Gasteiger partial charge >= 0.3 is 6.36 Å². The summed E-state index contributed by atoms with van der Waals surface area (Å²) in [5, 5.41) is 4.33. The minimum absolute atomic E-state index is 0. The summed E-state index contributed by atoms with van der Waals surface area (Å²) in [7, 11) is 0. The highest BCUT2D eigenvalue weighted by Gasteiger charge is 2.31. The molecule has 1 aliphatic heterocycles. The third-order valence-electron chi connectivity index (χ3n) is 4.15. The Labute approximate surface area is 184 Å². The lowest BCUT2D eigenvalue weighted by Gasteiger charge is -2.35. The van der Waals surface area contributed by atoms with Crippen LogP contribution < -0.4 is 10.1 Å². The van der Waals surface area contributed by atoms with Crippen molar-refractivity contribution in [1.29, 1.82) is 0 Å². The molecular formula is C18H19Cl4F3N2O.